The van der Waals surface area contributed by atoms with Crippen LogP contribution in [0.15, 0.2) is 48.5 Å². The van der Waals surface area contributed by atoms with Crippen LogP contribution in [0, 0.1) is 35.5 Å². The third-order valence-electron chi connectivity index (χ3n) is 16.6. The van der Waals surface area contributed by atoms with Crippen LogP contribution < -0.4 is 31.9 Å². The van der Waals surface area contributed by atoms with E-state index in [9.17, 15) is 28.8 Å². The molecule has 0 spiro atoms. The maximum Gasteiger partial charge on any atom is 0.246 e. The molecule has 16 heteroatoms. The van der Waals surface area contributed by atoms with E-state index in [0.717, 1.165) is 86.5 Å². The summed E-state index contributed by atoms with van der Waals surface area (Å²) in [4.78, 5) is 86.6. The molecule has 2 aliphatic heterocycles. The summed E-state index contributed by atoms with van der Waals surface area (Å²) in [5, 5.41) is 18.6. The predicted octanol–water partition coefficient (Wildman–Crippen LogP) is 3.92. The van der Waals surface area contributed by atoms with Crippen molar-refractivity contribution in [2.45, 2.75) is 177 Å². The summed E-state index contributed by atoms with van der Waals surface area (Å²) in [5.74, 6) is 10.6. The molecule has 0 unspecified atom stereocenters. The lowest BCUT2D eigenvalue weighted by molar-refractivity contribution is -0.143. The molecule has 398 valence electrons. The van der Waals surface area contributed by atoms with Gasteiger partial charge in [0.2, 0.25) is 35.4 Å². The summed E-state index contributed by atoms with van der Waals surface area (Å²) in [6.45, 7) is 4.62. The van der Waals surface area contributed by atoms with E-state index in [-0.39, 0.29) is 72.7 Å². The number of carbonyl (C=O) groups is 6. The smallest absolute Gasteiger partial charge is 0.246 e. The first-order valence-electron chi connectivity index (χ1n) is 27.5. The van der Waals surface area contributed by atoms with Crippen molar-refractivity contribution in [2.24, 2.45) is 11.8 Å². The summed E-state index contributed by atoms with van der Waals surface area (Å²) in [6.07, 6.45) is 12.6. The van der Waals surface area contributed by atoms with Gasteiger partial charge in [-0.25, -0.2) is 0 Å². The number of hydrogen-bond acceptors (Lipinski definition) is 10. The van der Waals surface area contributed by atoms with Crippen LogP contribution in [-0.4, -0.2) is 134 Å². The summed E-state index contributed by atoms with van der Waals surface area (Å²) in [5.41, 5.74) is 4.10. The van der Waals surface area contributed by atoms with E-state index >= 15 is 0 Å². The Morgan fingerprint density at radius 2 is 0.946 bits per heavy atom. The van der Waals surface area contributed by atoms with Gasteiger partial charge in [-0.15, -0.1) is 0 Å². The van der Waals surface area contributed by atoms with Gasteiger partial charge in [-0.3, -0.25) is 28.8 Å². The molecular weight excluding hydrogens is 937 g/mol. The van der Waals surface area contributed by atoms with Crippen molar-refractivity contribution in [1.82, 2.24) is 41.7 Å². The van der Waals surface area contributed by atoms with Crippen LogP contribution >= 0.6 is 0 Å². The van der Waals surface area contributed by atoms with E-state index in [1.165, 1.54) is 0 Å². The second kappa shape index (κ2) is 26.1. The standard InChI is InChI=1S/C58H78N8O8/c1-37(59-3)53(67)61-49(39-21-9-7-10-22-39)57(71)65-31-19-29-45(65)55(69)63-51-43-27-15-13-25-41(43)35-47(51)73-33-17-5-6-18-34-74-48-36-42-26-14-16-28-44(42)52(48)64-56(70)46-30-20-32-66(46)58(72)50(40-23-11-8-12-24-40)62-54(68)38(2)60-4/h13-16,25-28,37-40,45-52,59-60H,7-12,19-24,29-36H2,1-4H3,(H,61,67)(H,62,68)(H,63,69)(H,64,70)/t37-,38-,45-,46-,47-,48+,49-,50-,51-,52-/m0/s1. The lowest BCUT2D eigenvalue weighted by Crippen LogP contribution is -2.58. The van der Waals surface area contributed by atoms with Gasteiger partial charge >= 0.3 is 0 Å². The van der Waals surface area contributed by atoms with Gasteiger partial charge in [0.15, 0.2) is 0 Å². The number of likely N-dealkylation sites (tertiary alicyclic amines) is 2. The van der Waals surface area contributed by atoms with Gasteiger partial charge in [0.25, 0.3) is 0 Å². The Bertz CT molecular complexity index is 2280. The first kappa shape index (κ1) is 54.5. The van der Waals surface area contributed by atoms with E-state index in [1.807, 2.05) is 48.5 Å². The first-order valence-corrected chi connectivity index (χ1v) is 27.5. The van der Waals surface area contributed by atoms with Crippen LogP contribution in [0.25, 0.3) is 0 Å². The van der Waals surface area contributed by atoms with Crippen LogP contribution in [0.1, 0.15) is 138 Å². The minimum atomic E-state index is -0.679. The van der Waals surface area contributed by atoms with Gasteiger partial charge in [-0.05, 0) is 125 Å². The molecule has 0 aromatic heterocycles. The fourth-order valence-corrected chi connectivity index (χ4v) is 12.2. The Balaban J connectivity index is 0.858. The molecule has 6 aliphatic rings. The number of amides is 6. The van der Waals surface area contributed by atoms with Crippen LogP contribution in [0.5, 0.6) is 0 Å². The van der Waals surface area contributed by atoms with Gasteiger partial charge in [0.05, 0.1) is 36.4 Å². The fourth-order valence-electron chi connectivity index (χ4n) is 12.2. The topological polar surface area (TPSA) is 200 Å². The van der Waals surface area contributed by atoms with Gasteiger partial charge < -0.3 is 51.2 Å². The Hall–Kier alpha value is -5.78. The summed E-state index contributed by atoms with van der Waals surface area (Å²) in [7, 11) is 3.44. The van der Waals surface area contributed by atoms with Crippen molar-refractivity contribution in [3.8, 4) is 23.7 Å². The number of ether oxygens (including phenoxy) is 2. The molecule has 2 saturated heterocycles. The number of nitrogens with one attached hydrogen (secondary N) is 6. The van der Waals surface area contributed by atoms with E-state index in [4.69, 9.17) is 9.47 Å². The van der Waals surface area contributed by atoms with Crippen molar-refractivity contribution < 1.29 is 38.2 Å². The number of benzene rings is 2. The van der Waals surface area contributed by atoms with Crippen LogP contribution in [0.3, 0.4) is 0 Å². The average Bonchev–Trinajstić information content (AvgIpc) is 4.26. The van der Waals surface area contributed by atoms with Gasteiger partial charge in [0, 0.05) is 25.9 Å². The molecule has 4 aliphatic carbocycles. The molecule has 8 rings (SSSR count). The molecule has 74 heavy (non-hydrogen) atoms. The largest absolute Gasteiger partial charge is 0.363 e. The van der Waals surface area contributed by atoms with Crippen molar-refractivity contribution in [2.75, 3.05) is 40.4 Å². The number of carbonyl (C=O) groups excluding carboxylic acids is 6. The highest BCUT2D eigenvalue weighted by Crippen LogP contribution is 2.37. The molecule has 4 fully saturated rings. The van der Waals surface area contributed by atoms with Crippen LogP contribution in [-0.2, 0) is 51.1 Å². The zero-order chi connectivity index (χ0) is 52.1. The number of fused-ring (bicyclic) bond motifs is 2. The molecule has 0 bridgehead atoms. The van der Waals surface area contributed by atoms with Crippen molar-refractivity contribution in [3.05, 3.63) is 70.8 Å². The van der Waals surface area contributed by atoms with E-state index < -0.39 is 48.3 Å². The van der Waals surface area contributed by atoms with Crippen molar-refractivity contribution >= 4 is 35.4 Å². The minimum Gasteiger partial charge on any atom is -0.363 e. The summed E-state index contributed by atoms with van der Waals surface area (Å²) in [6, 6.07) is 11.5. The lowest BCUT2D eigenvalue weighted by atomic mass is 9.83. The summed E-state index contributed by atoms with van der Waals surface area (Å²) < 4.78 is 12.7. The van der Waals surface area contributed by atoms with Gasteiger partial charge in [-0.1, -0.05) is 98.9 Å². The summed E-state index contributed by atoms with van der Waals surface area (Å²) >= 11 is 0. The second-order valence-electron chi connectivity index (χ2n) is 21.2. The van der Waals surface area contributed by atoms with Gasteiger partial charge in [-0.2, -0.15) is 0 Å². The Kier molecular flexibility index (Phi) is 19.2. The normalized spacial score (nSPS) is 25.2. The molecule has 6 N–H and O–H groups in total. The van der Waals surface area contributed by atoms with Crippen molar-refractivity contribution in [3.63, 3.8) is 0 Å². The number of nitrogens with zero attached hydrogens (tertiary/aromatic N) is 2. The minimum absolute atomic E-state index is 0.0261. The predicted molar refractivity (Wildman–Crippen MR) is 281 cm³/mol. The zero-order valence-electron chi connectivity index (χ0n) is 43.8. The van der Waals surface area contributed by atoms with Crippen molar-refractivity contribution in [1.29, 1.82) is 0 Å². The van der Waals surface area contributed by atoms with Crippen LogP contribution in [0.2, 0.25) is 0 Å². The van der Waals surface area contributed by atoms with E-state index in [0.29, 0.717) is 51.6 Å². The third-order valence-corrected chi connectivity index (χ3v) is 16.6. The highest BCUT2D eigenvalue weighted by atomic mass is 16.5. The monoisotopic (exact) mass is 1010 g/mol. The Labute approximate surface area is 437 Å². The van der Waals surface area contributed by atoms with Crippen LogP contribution in [0.4, 0.5) is 0 Å². The third kappa shape index (κ3) is 13.0. The maximum atomic E-state index is 14.3. The number of likely N-dealkylation sites (N-methyl/N-ethyl adjacent to an activating group) is 2. The SMILES string of the molecule is CN[C@@H](C)C(=O)N[C@H](C(=O)N1CCC[C@H]1C(=O)N[C@H]1c2ccccc2C[C@@H]1OCC#CC#CCO[C@@H]1Cc2ccccc2[C@@H]1NC(=O)[C@@H]1CCCN1C(=O)[C@@H](NC(=O)[C@H](C)NC)C1CCCCC1)C1CCCCC1. The Morgan fingerprint density at radius 1 is 0.554 bits per heavy atom. The highest BCUT2D eigenvalue weighted by Gasteiger charge is 2.45. The van der Waals surface area contributed by atoms with E-state index in [2.05, 4.69) is 55.6 Å². The molecule has 6 amide bonds. The molecular formula is C58H78N8O8. The highest BCUT2D eigenvalue weighted by molar-refractivity contribution is 5.95. The first-order chi connectivity index (χ1) is 36.0. The molecule has 2 aromatic carbocycles. The maximum absolute atomic E-state index is 14.3. The van der Waals surface area contributed by atoms with E-state index in [1.54, 1.807) is 37.7 Å². The fraction of sp³-hybridized carbons (Fsp3) is 0.621. The quantitative estimate of drug-likeness (QED) is 0.119. The lowest BCUT2D eigenvalue weighted by Gasteiger charge is -2.35. The molecule has 16 nitrogen and oxygen atoms in total. The molecule has 2 saturated carbocycles. The molecule has 2 aromatic rings. The Morgan fingerprint density at radius 3 is 1.34 bits per heavy atom. The molecule has 10 atom stereocenters. The zero-order valence-corrected chi connectivity index (χ0v) is 43.8. The second-order valence-corrected chi connectivity index (χ2v) is 21.2. The number of rotatable bonds is 18. The molecule has 0 radical (unpaired) electrons. The average molecular weight is 1020 g/mol. The van der Waals surface area contributed by atoms with Gasteiger partial charge in [0.1, 0.15) is 37.4 Å². The number of hydrogen-bond donors (Lipinski definition) is 6. The molecule has 2 heterocycles.